The number of carbonyl (C=O) groups excluding carboxylic acids is 1. The van der Waals surface area contributed by atoms with Crippen LogP contribution in [0.4, 0.5) is 0 Å². The SMILES string of the molecule is C[C@@H](NC(=O)C1CCNC(NCC2NNC(C3CCNCN3)N2C)C1)C1NCCCC1Cl. The number of hydrazine groups is 1. The molecular formula is C21H42ClN9O. The van der Waals surface area contributed by atoms with Crippen LogP contribution in [0.25, 0.3) is 0 Å². The van der Waals surface area contributed by atoms with Crippen LogP contribution in [0.1, 0.15) is 39.0 Å². The van der Waals surface area contributed by atoms with Crippen LogP contribution in [-0.2, 0) is 4.79 Å². The Balaban J connectivity index is 1.20. The average molecular weight is 472 g/mol. The van der Waals surface area contributed by atoms with E-state index in [1.54, 1.807) is 0 Å². The fourth-order valence-corrected chi connectivity index (χ4v) is 5.90. The number of likely N-dealkylation sites (N-methyl/N-ethyl adjacent to an activating group) is 1. The number of amides is 1. The highest BCUT2D eigenvalue weighted by Gasteiger charge is 2.37. The summed E-state index contributed by atoms with van der Waals surface area (Å²) in [5, 5.41) is 20.8. The van der Waals surface area contributed by atoms with Gasteiger partial charge < -0.3 is 21.3 Å². The first-order valence-corrected chi connectivity index (χ1v) is 12.8. The molecule has 10 nitrogen and oxygen atoms in total. The Morgan fingerprint density at radius 1 is 1.12 bits per heavy atom. The highest BCUT2D eigenvalue weighted by atomic mass is 35.5. The van der Waals surface area contributed by atoms with Crippen molar-refractivity contribution >= 4 is 17.5 Å². The van der Waals surface area contributed by atoms with Gasteiger partial charge in [-0.05, 0) is 65.7 Å². The molecule has 0 aromatic rings. The van der Waals surface area contributed by atoms with E-state index in [-0.39, 0.29) is 47.8 Å². The number of alkyl halides is 1. The zero-order valence-corrected chi connectivity index (χ0v) is 20.2. The lowest BCUT2D eigenvalue weighted by molar-refractivity contribution is -0.127. The van der Waals surface area contributed by atoms with Crippen molar-refractivity contribution in [1.82, 2.24) is 47.7 Å². The lowest BCUT2D eigenvalue weighted by Gasteiger charge is -2.36. The van der Waals surface area contributed by atoms with E-state index in [2.05, 4.69) is 61.6 Å². The lowest BCUT2D eigenvalue weighted by atomic mass is 9.93. The summed E-state index contributed by atoms with van der Waals surface area (Å²) < 4.78 is 0. The Morgan fingerprint density at radius 2 is 2.00 bits per heavy atom. The Hall–Kier alpha value is -0.560. The maximum absolute atomic E-state index is 13.0. The maximum atomic E-state index is 13.0. The Kier molecular flexibility index (Phi) is 9.00. The van der Waals surface area contributed by atoms with Gasteiger partial charge in [-0.2, -0.15) is 0 Å². The Morgan fingerprint density at radius 3 is 2.78 bits per heavy atom. The summed E-state index contributed by atoms with van der Waals surface area (Å²) in [4.78, 5) is 15.3. The minimum atomic E-state index is 0.0210. The number of nitrogens with zero attached hydrogens (tertiary/aromatic N) is 1. The first-order valence-electron chi connectivity index (χ1n) is 12.3. The zero-order chi connectivity index (χ0) is 22.5. The van der Waals surface area contributed by atoms with Crippen LogP contribution in [0.15, 0.2) is 0 Å². The van der Waals surface area contributed by atoms with Crippen LogP contribution < -0.4 is 42.8 Å². The number of hydrogen-bond donors (Lipinski definition) is 8. The fraction of sp³-hybridized carbons (Fsp3) is 0.952. The second-order valence-electron chi connectivity index (χ2n) is 9.76. The average Bonchev–Trinajstić information content (AvgIpc) is 3.19. The summed E-state index contributed by atoms with van der Waals surface area (Å²) in [7, 11) is 2.16. The third-order valence-corrected chi connectivity index (χ3v) is 7.99. The minimum Gasteiger partial charge on any atom is -0.352 e. The van der Waals surface area contributed by atoms with Gasteiger partial charge in [0.15, 0.2) is 0 Å². The van der Waals surface area contributed by atoms with Crippen molar-refractivity contribution in [2.24, 2.45) is 5.92 Å². The van der Waals surface area contributed by atoms with Gasteiger partial charge in [0.2, 0.25) is 5.91 Å². The second kappa shape index (κ2) is 11.7. The van der Waals surface area contributed by atoms with E-state index >= 15 is 0 Å². The number of carbonyl (C=O) groups is 1. The molecule has 4 rings (SSSR count). The van der Waals surface area contributed by atoms with Crippen molar-refractivity contribution in [3.05, 3.63) is 0 Å². The summed E-state index contributed by atoms with van der Waals surface area (Å²) in [6.45, 7) is 6.58. The second-order valence-corrected chi connectivity index (χ2v) is 10.3. The van der Waals surface area contributed by atoms with Crippen molar-refractivity contribution < 1.29 is 4.79 Å². The van der Waals surface area contributed by atoms with Gasteiger partial charge in [-0.1, -0.05) is 0 Å². The van der Waals surface area contributed by atoms with E-state index in [0.717, 1.165) is 65.0 Å². The molecule has 4 fully saturated rings. The van der Waals surface area contributed by atoms with E-state index in [1.165, 1.54) is 0 Å². The van der Waals surface area contributed by atoms with Gasteiger partial charge in [-0.3, -0.25) is 20.3 Å². The van der Waals surface area contributed by atoms with Crippen LogP contribution in [0.2, 0.25) is 0 Å². The summed E-state index contributed by atoms with van der Waals surface area (Å²) in [5.41, 5.74) is 6.86. The monoisotopic (exact) mass is 471 g/mol. The number of hydrogen-bond acceptors (Lipinski definition) is 9. The minimum absolute atomic E-state index is 0.0210. The fourth-order valence-electron chi connectivity index (χ4n) is 5.44. The topological polar surface area (TPSA) is 117 Å². The number of nitrogens with one attached hydrogen (secondary N) is 8. The van der Waals surface area contributed by atoms with Crippen LogP contribution in [0.3, 0.4) is 0 Å². The summed E-state index contributed by atoms with van der Waals surface area (Å²) in [5.74, 6) is 0.171. The molecule has 4 aliphatic rings. The molecular weight excluding hydrogens is 430 g/mol. The van der Waals surface area contributed by atoms with Crippen LogP contribution in [0.5, 0.6) is 0 Å². The van der Waals surface area contributed by atoms with Crippen molar-refractivity contribution in [2.75, 3.05) is 39.9 Å². The molecule has 0 saturated carbocycles. The molecule has 4 heterocycles. The number of rotatable bonds is 7. The molecule has 0 spiro atoms. The van der Waals surface area contributed by atoms with Crippen molar-refractivity contribution in [3.8, 4) is 0 Å². The summed E-state index contributed by atoms with van der Waals surface area (Å²) in [6, 6.07) is 0.603. The quantitative estimate of drug-likeness (QED) is 0.207. The highest BCUT2D eigenvalue weighted by Crippen LogP contribution is 2.20. The number of halogens is 1. The first-order chi connectivity index (χ1) is 15.5. The molecule has 32 heavy (non-hydrogen) atoms. The van der Waals surface area contributed by atoms with Crippen molar-refractivity contribution in [1.29, 1.82) is 0 Å². The van der Waals surface area contributed by atoms with Gasteiger partial charge in [0, 0.05) is 37.3 Å². The van der Waals surface area contributed by atoms with Gasteiger partial charge >= 0.3 is 0 Å². The van der Waals surface area contributed by atoms with Gasteiger partial charge in [-0.15, -0.1) is 11.6 Å². The molecule has 0 aromatic carbocycles. The molecule has 4 aliphatic heterocycles. The number of piperidine rings is 2. The summed E-state index contributed by atoms with van der Waals surface area (Å²) in [6.07, 6.45) is 5.47. The van der Waals surface area contributed by atoms with E-state index in [1.807, 2.05) is 0 Å². The molecule has 8 N–H and O–H groups in total. The van der Waals surface area contributed by atoms with E-state index < -0.39 is 0 Å². The van der Waals surface area contributed by atoms with Crippen molar-refractivity contribution in [2.45, 2.75) is 81.0 Å². The maximum Gasteiger partial charge on any atom is 0.223 e. The van der Waals surface area contributed by atoms with E-state index in [9.17, 15) is 4.79 Å². The molecule has 184 valence electrons. The van der Waals surface area contributed by atoms with Gasteiger partial charge in [0.1, 0.15) is 0 Å². The smallest absolute Gasteiger partial charge is 0.223 e. The molecule has 4 saturated heterocycles. The highest BCUT2D eigenvalue weighted by molar-refractivity contribution is 6.21. The van der Waals surface area contributed by atoms with Crippen LogP contribution in [-0.4, -0.2) is 92.7 Å². The predicted octanol–water partition coefficient (Wildman–Crippen LogP) is -1.63. The van der Waals surface area contributed by atoms with E-state index in [4.69, 9.17) is 11.6 Å². The normalized spacial score (nSPS) is 40.2. The van der Waals surface area contributed by atoms with Crippen LogP contribution >= 0.6 is 11.6 Å². The predicted molar refractivity (Wildman–Crippen MR) is 127 cm³/mol. The van der Waals surface area contributed by atoms with Gasteiger partial charge in [-0.25, -0.2) is 10.9 Å². The molecule has 8 atom stereocenters. The molecule has 11 heteroatoms. The molecule has 0 aliphatic carbocycles. The third kappa shape index (κ3) is 6.11. The molecule has 0 bridgehead atoms. The van der Waals surface area contributed by atoms with Gasteiger partial charge in [0.25, 0.3) is 0 Å². The standard InChI is InChI=1S/C21H42ClN9O/c1-13(19-15(22)4-3-7-25-19)28-21(32)14-5-9-24-17(10-14)26-11-18-29-30-20(31(18)2)16-6-8-23-12-27-16/h13-20,23-27,29-30H,3-12H2,1-2H3,(H,28,32)/t13-,14?,15?,16?,17?,18?,19?,20?/m1/s1. The molecule has 0 aromatic heterocycles. The van der Waals surface area contributed by atoms with Crippen molar-refractivity contribution in [3.63, 3.8) is 0 Å². The lowest BCUT2D eigenvalue weighted by Crippen LogP contribution is -2.59. The summed E-state index contributed by atoms with van der Waals surface area (Å²) >= 11 is 6.49. The Labute approximate surface area is 197 Å². The van der Waals surface area contributed by atoms with Gasteiger partial charge in [0.05, 0.1) is 23.9 Å². The first kappa shape index (κ1) is 24.6. The molecule has 0 radical (unpaired) electrons. The molecule has 7 unspecified atom stereocenters. The zero-order valence-electron chi connectivity index (χ0n) is 19.4. The van der Waals surface area contributed by atoms with E-state index in [0.29, 0.717) is 6.04 Å². The third-order valence-electron chi connectivity index (χ3n) is 7.50. The van der Waals surface area contributed by atoms with Crippen LogP contribution in [0, 0.1) is 5.92 Å². The Bertz CT molecular complexity index is 608. The largest absolute Gasteiger partial charge is 0.352 e. The molecule has 1 amide bonds.